The number of sulfonamides is 1. The minimum atomic E-state index is -3.58. The number of anilines is 1. The Kier molecular flexibility index (Phi) is 4.85. The van der Waals surface area contributed by atoms with E-state index >= 15 is 0 Å². The van der Waals surface area contributed by atoms with E-state index in [0.29, 0.717) is 11.4 Å². The maximum absolute atomic E-state index is 12.3. The highest BCUT2D eigenvalue weighted by atomic mass is 32.2. The van der Waals surface area contributed by atoms with E-state index in [2.05, 4.69) is 11.6 Å². The summed E-state index contributed by atoms with van der Waals surface area (Å²) < 4.78 is 32.3. The van der Waals surface area contributed by atoms with Crippen molar-refractivity contribution in [1.82, 2.24) is 0 Å². The Morgan fingerprint density at radius 3 is 2.43 bits per heavy atom. The van der Waals surface area contributed by atoms with Crippen LogP contribution < -0.4 is 9.46 Å². The number of aryl methyl sites for hydroxylation is 1. The van der Waals surface area contributed by atoms with E-state index in [1.807, 2.05) is 12.1 Å². The molecule has 2 aromatic carbocycles. The number of rotatable bonds is 6. The zero-order chi connectivity index (χ0) is 15.3. The summed E-state index contributed by atoms with van der Waals surface area (Å²) in [5.41, 5.74) is 1.62. The number of methoxy groups -OCH3 is 1. The molecule has 4 nitrogen and oxygen atoms in total. The maximum atomic E-state index is 12.3. The number of hydrogen-bond acceptors (Lipinski definition) is 3. The molecule has 0 saturated carbocycles. The Labute approximate surface area is 125 Å². The van der Waals surface area contributed by atoms with Crippen molar-refractivity contribution >= 4 is 15.7 Å². The molecule has 5 heteroatoms. The molecule has 0 bridgehead atoms. The van der Waals surface area contributed by atoms with Gasteiger partial charge in [-0.25, -0.2) is 8.42 Å². The third kappa shape index (κ3) is 3.98. The molecule has 112 valence electrons. The summed E-state index contributed by atoms with van der Waals surface area (Å²) in [6.07, 6.45) is 1.98. The van der Waals surface area contributed by atoms with Crippen LogP contribution in [-0.2, 0) is 16.4 Å². The first-order chi connectivity index (χ1) is 10.0. The molecule has 0 spiro atoms. The van der Waals surface area contributed by atoms with Gasteiger partial charge in [-0.05, 0) is 36.2 Å². The second-order valence-corrected chi connectivity index (χ2v) is 6.41. The van der Waals surface area contributed by atoms with E-state index in [9.17, 15) is 8.42 Å². The Morgan fingerprint density at radius 2 is 1.81 bits per heavy atom. The lowest BCUT2D eigenvalue weighted by atomic mass is 10.1. The molecule has 0 fully saturated rings. The lowest BCUT2D eigenvalue weighted by Gasteiger charge is -2.09. The van der Waals surface area contributed by atoms with Crippen LogP contribution in [-0.4, -0.2) is 15.5 Å². The molecule has 2 aromatic rings. The molecule has 1 N–H and O–H groups in total. The van der Waals surface area contributed by atoms with Gasteiger partial charge < -0.3 is 4.74 Å². The van der Waals surface area contributed by atoms with E-state index in [0.717, 1.165) is 18.4 Å². The molecule has 0 aliphatic carbocycles. The summed E-state index contributed by atoms with van der Waals surface area (Å²) in [4.78, 5) is 0.255. The summed E-state index contributed by atoms with van der Waals surface area (Å²) in [7, 11) is -2.03. The van der Waals surface area contributed by atoms with E-state index in [4.69, 9.17) is 4.74 Å². The predicted octanol–water partition coefficient (Wildman–Crippen LogP) is 3.45. The van der Waals surface area contributed by atoms with Crippen molar-refractivity contribution in [2.24, 2.45) is 0 Å². The predicted molar refractivity (Wildman–Crippen MR) is 84.2 cm³/mol. The Balaban J connectivity index is 2.21. The Morgan fingerprint density at radius 1 is 1.10 bits per heavy atom. The summed E-state index contributed by atoms with van der Waals surface area (Å²) in [5.74, 6) is 0.605. The molecule has 21 heavy (non-hydrogen) atoms. The Bertz CT molecular complexity index is 694. The number of benzene rings is 2. The van der Waals surface area contributed by atoms with Crippen LogP contribution >= 0.6 is 0 Å². The van der Waals surface area contributed by atoms with Crippen molar-refractivity contribution in [3.8, 4) is 5.75 Å². The molecule has 0 aliphatic heterocycles. The van der Waals surface area contributed by atoms with E-state index in [1.54, 1.807) is 43.5 Å². The molecule has 2 rings (SSSR count). The highest BCUT2D eigenvalue weighted by Gasteiger charge is 2.14. The normalized spacial score (nSPS) is 11.1. The second-order valence-electron chi connectivity index (χ2n) is 4.73. The van der Waals surface area contributed by atoms with Crippen molar-refractivity contribution < 1.29 is 13.2 Å². The van der Waals surface area contributed by atoms with Gasteiger partial charge in [0.2, 0.25) is 0 Å². The lowest BCUT2D eigenvalue weighted by Crippen LogP contribution is -2.12. The van der Waals surface area contributed by atoms with E-state index in [-0.39, 0.29) is 4.90 Å². The Hall–Kier alpha value is -2.01. The van der Waals surface area contributed by atoms with Gasteiger partial charge in [0.05, 0.1) is 17.7 Å². The second kappa shape index (κ2) is 6.63. The monoisotopic (exact) mass is 305 g/mol. The smallest absolute Gasteiger partial charge is 0.261 e. The zero-order valence-corrected chi connectivity index (χ0v) is 13.0. The SMILES string of the molecule is CCCc1ccc(S(=O)(=O)Nc2cccc(OC)c2)cc1. The summed E-state index contributed by atoms with van der Waals surface area (Å²) >= 11 is 0. The molecule has 0 heterocycles. The number of nitrogens with one attached hydrogen (secondary N) is 1. The van der Waals surface area contributed by atoms with Gasteiger partial charge in [0.15, 0.2) is 0 Å². The quantitative estimate of drug-likeness (QED) is 0.889. The van der Waals surface area contributed by atoms with Gasteiger partial charge in [-0.2, -0.15) is 0 Å². The van der Waals surface area contributed by atoms with Crippen LogP contribution in [0.2, 0.25) is 0 Å². The molecule has 0 amide bonds. The van der Waals surface area contributed by atoms with Crippen molar-refractivity contribution in [2.75, 3.05) is 11.8 Å². The standard InChI is InChI=1S/C16H19NO3S/c1-3-5-13-8-10-16(11-9-13)21(18,19)17-14-6-4-7-15(12-14)20-2/h4,6-12,17H,3,5H2,1-2H3. The molecule has 0 saturated heterocycles. The molecule has 0 atom stereocenters. The third-order valence-corrected chi connectivity index (χ3v) is 4.49. The molecule has 0 radical (unpaired) electrons. The number of ether oxygens (including phenoxy) is 1. The van der Waals surface area contributed by atoms with Crippen molar-refractivity contribution in [3.05, 3.63) is 54.1 Å². The van der Waals surface area contributed by atoms with Crippen LogP contribution in [0.5, 0.6) is 5.75 Å². The van der Waals surface area contributed by atoms with Crippen molar-refractivity contribution in [2.45, 2.75) is 24.7 Å². The molecular weight excluding hydrogens is 286 g/mol. The average molecular weight is 305 g/mol. The van der Waals surface area contributed by atoms with Crippen molar-refractivity contribution in [3.63, 3.8) is 0 Å². The van der Waals surface area contributed by atoms with Gasteiger partial charge in [-0.1, -0.05) is 31.5 Å². The van der Waals surface area contributed by atoms with E-state index in [1.165, 1.54) is 0 Å². The zero-order valence-electron chi connectivity index (χ0n) is 12.2. The maximum Gasteiger partial charge on any atom is 0.261 e. The van der Waals surface area contributed by atoms with Crippen molar-refractivity contribution in [1.29, 1.82) is 0 Å². The third-order valence-electron chi connectivity index (χ3n) is 3.09. The first kappa shape index (κ1) is 15.4. The van der Waals surface area contributed by atoms with Crippen LogP contribution in [0.3, 0.4) is 0 Å². The van der Waals surface area contributed by atoms with Gasteiger partial charge >= 0.3 is 0 Å². The fourth-order valence-corrected chi connectivity index (χ4v) is 3.07. The van der Waals surface area contributed by atoms with Crippen LogP contribution in [0.25, 0.3) is 0 Å². The minimum Gasteiger partial charge on any atom is -0.497 e. The summed E-state index contributed by atoms with van der Waals surface area (Å²) in [6.45, 7) is 2.09. The fourth-order valence-electron chi connectivity index (χ4n) is 2.02. The number of hydrogen-bond donors (Lipinski definition) is 1. The van der Waals surface area contributed by atoms with Gasteiger partial charge in [0.1, 0.15) is 5.75 Å². The van der Waals surface area contributed by atoms with Gasteiger partial charge in [-0.3, -0.25) is 4.72 Å². The van der Waals surface area contributed by atoms with Gasteiger partial charge in [0, 0.05) is 6.07 Å². The van der Waals surface area contributed by atoms with Gasteiger partial charge in [-0.15, -0.1) is 0 Å². The first-order valence-corrected chi connectivity index (χ1v) is 8.29. The topological polar surface area (TPSA) is 55.4 Å². The summed E-state index contributed by atoms with van der Waals surface area (Å²) in [6, 6.07) is 13.8. The lowest BCUT2D eigenvalue weighted by molar-refractivity contribution is 0.415. The molecule has 0 aromatic heterocycles. The molecule has 0 unspecified atom stereocenters. The molecular formula is C16H19NO3S. The summed E-state index contributed by atoms with van der Waals surface area (Å²) in [5, 5.41) is 0. The highest BCUT2D eigenvalue weighted by Crippen LogP contribution is 2.21. The average Bonchev–Trinajstić information content (AvgIpc) is 2.48. The highest BCUT2D eigenvalue weighted by molar-refractivity contribution is 7.92. The van der Waals surface area contributed by atoms with Crippen LogP contribution in [0.4, 0.5) is 5.69 Å². The fraction of sp³-hybridized carbons (Fsp3) is 0.250. The van der Waals surface area contributed by atoms with Crippen LogP contribution in [0.1, 0.15) is 18.9 Å². The van der Waals surface area contributed by atoms with Crippen LogP contribution in [0, 0.1) is 0 Å². The minimum absolute atomic E-state index is 0.255. The molecule has 0 aliphatic rings. The largest absolute Gasteiger partial charge is 0.497 e. The van der Waals surface area contributed by atoms with Crippen LogP contribution in [0.15, 0.2) is 53.4 Å². The van der Waals surface area contributed by atoms with Gasteiger partial charge in [0.25, 0.3) is 10.0 Å². The van der Waals surface area contributed by atoms with E-state index < -0.39 is 10.0 Å². The first-order valence-electron chi connectivity index (χ1n) is 6.81.